The van der Waals surface area contributed by atoms with Gasteiger partial charge >= 0.3 is 0 Å². The van der Waals surface area contributed by atoms with Crippen LogP contribution in [-0.4, -0.2) is 17.0 Å². The molecule has 5 heteroatoms. The third-order valence-electron chi connectivity index (χ3n) is 3.18. The van der Waals surface area contributed by atoms with Crippen molar-refractivity contribution < 1.29 is 4.92 Å². The van der Waals surface area contributed by atoms with Gasteiger partial charge in [0.25, 0.3) is 5.69 Å². The Bertz CT molecular complexity index is 460. The van der Waals surface area contributed by atoms with E-state index >= 15 is 0 Å². The van der Waals surface area contributed by atoms with E-state index in [-0.39, 0.29) is 16.1 Å². The number of rotatable bonds is 6. The van der Waals surface area contributed by atoms with E-state index in [1.54, 1.807) is 12.1 Å². The van der Waals surface area contributed by atoms with Gasteiger partial charge in [0, 0.05) is 29.9 Å². The molecule has 0 aliphatic carbocycles. The van der Waals surface area contributed by atoms with Crippen molar-refractivity contribution in [3.8, 4) is 0 Å². The summed E-state index contributed by atoms with van der Waals surface area (Å²) >= 11 is 0. The highest BCUT2D eigenvalue weighted by Gasteiger charge is 2.24. The number of nitrogens with zero attached hydrogens (tertiary/aromatic N) is 1. The van der Waals surface area contributed by atoms with E-state index in [0.29, 0.717) is 12.5 Å². The fourth-order valence-corrected chi connectivity index (χ4v) is 2.27. The lowest BCUT2D eigenvalue weighted by molar-refractivity contribution is -0.384. The van der Waals surface area contributed by atoms with Gasteiger partial charge in [0.2, 0.25) is 0 Å². The highest BCUT2D eigenvalue weighted by atomic mass is 16.6. The number of aryl methyl sites for hydroxylation is 1. The summed E-state index contributed by atoms with van der Waals surface area (Å²) in [5.74, 6) is 0.500. The Kier molecular flexibility index (Phi) is 4.89. The monoisotopic (exact) mass is 265 g/mol. The smallest absolute Gasteiger partial charge is 0.271 e. The molecule has 106 valence electrons. The van der Waals surface area contributed by atoms with Crippen LogP contribution in [-0.2, 0) is 0 Å². The number of hydrogen-bond acceptors (Lipinski definition) is 4. The molecule has 3 N–H and O–H groups in total. The van der Waals surface area contributed by atoms with E-state index in [9.17, 15) is 10.1 Å². The topological polar surface area (TPSA) is 81.2 Å². The van der Waals surface area contributed by atoms with Gasteiger partial charge in [-0.25, -0.2) is 0 Å². The maximum Gasteiger partial charge on any atom is 0.271 e. The van der Waals surface area contributed by atoms with E-state index < -0.39 is 0 Å². The number of nitro groups is 1. The van der Waals surface area contributed by atoms with Crippen LogP contribution in [0.25, 0.3) is 0 Å². The first-order valence-electron chi connectivity index (χ1n) is 6.51. The van der Waals surface area contributed by atoms with Crippen molar-refractivity contribution >= 4 is 11.4 Å². The second-order valence-corrected chi connectivity index (χ2v) is 5.74. The van der Waals surface area contributed by atoms with Crippen LogP contribution >= 0.6 is 0 Å². The number of nitro benzene ring substituents is 1. The normalized spacial score (nSPS) is 14.2. The molecule has 1 aromatic rings. The van der Waals surface area contributed by atoms with Crippen LogP contribution in [0.5, 0.6) is 0 Å². The Hall–Kier alpha value is -1.62. The lowest BCUT2D eigenvalue weighted by atomic mass is 9.90. The predicted octanol–water partition coefficient (Wildman–Crippen LogP) is 3.08. The van der Waals surface area contributed by atoms with Crippen molar-refractivity contribution in [2.75, 3.05) is 11.9 Å². The highest BCUT2D eigenvalue weighted by molar-refractivity contribution is 5.58. The van der Waals surface area contributed by atoms with Crippen molar-refractivity contribution in [1.29, 1.82) is 0 Å². The standard InChI is InChI=1S/C14H23N3O2/c1-10(2)8-14(4,9-15)16-13-7-12(17(18)19)6-5-11(13)3/h5-7,10,16H,8-9,15H2,1-4H3. The van der Waals surface area contributed by atoms with Gasteiger partial charge in [-0.1, -0.05) is 19.9 Å². The van der Waals surface area contributed by atoms with Crippen LogP contribution in [0.1, 0.15) is 32.8 Å². The molecule has 0 fully saturated rings. The summed E-state index contributed by atoms with van der Waals surface area (Å²) in [5, 5.41) is 14.2. The summed E-state index contributed by atoms with van der Waals surface area (Å²) in [7, 11) is 0. The van der Waals surface area contributed by atoms with Crippen molar-refractivity contribution in [2.45, 2.75) is 39.7 Å². The Labute approximate surface area is 114 Å². The number of benzene rings is 1. The molecule has 1 atom stereocenters. The molecule has 1 aromatic carbocycles. The molecule has 1 rings (SSSR count). The predicted molar refractivity (Wildman–Crippen MR) is 78.4 cm³/mol. The molecule has 0 amide bonds. The quantitative estimate of drug-likeness (QED) is 0.611. The minimum absolute atomic E-state index is 0.0945. The molecule has 5 nitrogen and oxygen atoms in total. The van der Waals surface area contributed by atoms with Crippen LogP contribution in [0.3, 0.4) is 0 Å². The molecule has 19 heavy (non-hydrogen) atoms. The van der Waals surface area contributed by atoms with E-state index in [1.807, 2.05) is 13.8 Å². The van der Waals surface area contributed by atoms with Crippen LogP contribution < -0.4 is 11.1 Å². The number of anilines is 1. The summed E-state index contributed by atoms with van der Waals surface area (Å²) in [6.07, 6.45) is 0.908. The van der Waals surface area contributed by atoms with Crippen molar-refractivity contribution in [3.63, 3.8) is 0 Å². The molecule has 1 unspecified atom stereocenters. The molecule has 0 bridgehead atoms. The fourth-order valence-electron chi connectivity index (χ4n) is 2.27. The molecule has 0 radical (unpaired) electrons. The zero-order valence-corrected chi connectivity index (χ0v) is 12.1. The maximum absolute atomic E-state index is 10.8. The van der Waals surface area contributed by atoms with Crippen molar-refractivity contribution in [2.24, 2.45) is 11.7 Å². The second-order valence-electron chi connectivity index (χ2n) is 5.74. The number of hydrogen-bond donors (Lipinski definition) is 2. The Morgan fingerprint density at radius 3 is 2.58 bits per heavy atom. The van der Waals surface area contributed by atoms with Crippen LogP contribution in [0.15, 0.2) is 18.2 Å². The van der Waals surface area contributed by atoms with Gasteiger partial charge in [0.15, 0.2) is 0 Å². The SMILES string of the molecule is Cc1ccc([N+](=O)[O-])cc1NC(C)(CN)CC(C)C. The Balaban J connectivity index is 3.02. The maximum atomic E-state index is 10.8. The Morgan fingerprint density at radius 1 is 1.47 bits per heavy atom. The first-order valence-corrected chi connectivity index (χ1v) is 6.51. The van der Waals surface area contributed by atoms with Crippen molar-refractivity contribution in [3.05, 3.63) is 33.9 Å². The molecule has 0 heterocycles. The molecular weight excluding hydrogens is 242 g/mol. The van der Waals surface area contributed by atoms with Gasteiger partial charge in [-0.05, 0) is 31.7 Å². The van der Waals surface area contributed by atoms with E-state index in [1.165, 1.54) is 6.07 Å². The minimum Gasteiger partial charge on any atom is -0.378 e. The molecule has 0 saturated carbocycles. The van der Waals surface area contributed by atoms with E-state index in [4.69, 9.17) is 5.73 Å². The number of nitrogens with one attached hydrogen (secondary N) is 1. The number of non-ortho nitro benzene ring substituents is 1. The third-order valence-corrected chi connectivity index (χ3v) is 3.18. The molecule has 0 aromatic heterocycles. The molecular formula is C14H23N3O2. The van der Waals surface area contributed by atoms with Gasteiger partial charge in [0.1, 0.15) is 0 Å². The summed E-state index contributed by atoms with van der Waals surface area (Å²) in [6, 6.07) is 4.85. The lowest BCUT2D eigenvalue weighted by Crippen LogP contribution is -2.43. The first kappa shape index (κ1) is 15.4. The molecule has 0 aliphatic heterocycles. The largest absolute Gasteiger partial charge is 0.378 e. The molecule has 0 aliphatic rings. The summed E-state index contributed by atoms with van der Waals surface area (Å²) in [4.78, 5) is 10.4. The molecule has 0 spiro atoms. The highest BCUT2D eigenvalue weighted by Crippen LogP contribution is 2.27. The van der Waals surface area contributed by atoms with Crippen LogP contribution in [0, 0.1) is 23.0 Å². The molecule has 0 saturated heterocycles. The first-order chi connectivity index (χ1) is 8.77. The van der Waals surface area contributed by atoms with Gasteiger partial charge in [-0.2, -0.15) is 0 Å². The van der Waals surface area contributed by atoms with Gasteiger partial charge in [0.05, 0.1) is 4.92 Å². The van der Waals surface area contributed by atoms with Gasteiger partial charge in [-0.15, -0.1) is 0 Å². The summed E-state index contributed by atoms with van der Waals surface area (Å²) in [6.45, 7) is 8.72. The Morgan fingerprint density at radius 2 is 2.11 bits per heavy atom. The van der Waals surface area contributed by atoms with Crippen LogP contribution in [0.4, 0.5) is 11.4 Å². The lowest BCUT2D eigenvalue weighted by Gasteiger charge is -2.33. The zero-order valence-electron chi connectivity index (χ0n) is 12.1. The second kappa shape index (κ2) is 6.02. The number of nitrogens with two attached hydrogens (primary N) is 1. The third kappa shape index (κ3) is 4.21. The van der Waals surface area contributed by atoms with Gasteiger partial charge < -0.3 is 11.1 Å². The van der Waals surface area contributed by atoms with Gasteiger partial charge in [-0.3, -0.25) is 10.1 Å². The summed E-state index contributed by atoms with van der Waals surface area (Å²) in [5.41, 5.74) is 7.45. The average Bonchev–Trinajstić information content (AvgIpc) is 2.30. The minimum atomic E-state index is -0.382. The summed E-state index contributed by atoms with van der Waals surface area (Å²) < 4.78 is 0. The van der Waals surface area contributed by atoms with Crippen molar-refractivity contribution in [1.82, 2.24) is 0 Å². The van der Waals surface area contributed by atoms with Crippen LogP contribution in [0.2, 0.25) is 0 Å². The zero-order chi connectivity index (χ0) is 14.6. The fraction of sp³-hybridized carbons (Fsp3) is 0.571. The van der Waals surface area contributed by atoms with E-state index in [0.717, 1.165) is 17.7 Å². The average molecular weight is 265 g/mol. The van der Waals surface area contributed by atoms with E-state index in [2.05, 4.69) is 19.2 Å².